The van der Waals surface area contributed by atoms with Crippen LogP contribution < -0.4 is 10.4 Å². The standard InChI is InChI=1S/C25H18FN3O2/c26-19-8-6-7-17(13-19)15-28-16-18(21-11-4-5-12-23(21)28)14-22-24(30)27-29(25(22)31)20-9-2-1-3-10-20/h1-14,16H,15H2,(H,27,30). The van der Waals surface area contributed by atoms with E-state index >= 15 is 0 Å². The van der Waals surface area contributed by atoms with Gasteiger partial charge in [0.15, 0.2) is 0 Å². The van der Waals surface area contributed by atoms with Crippen molar-refractivity contribution >= 4 is 34.5 Å². The van der Waals surface area contributed by atoms with Crippen LogP contribution in [0.1, 0.15) is 11.1 Å². The molecule has 5 rings (SSSR count). The molecule has 31 heavy (non-hydrogen) atoms. The minimum absolute atomic E-state index is 0.0671. The number of hydrogen-bond donors (Lipinski definition) is 1. The van der Waals surface area contributed by atoms with Crippen LogP contribution in [0.25, 0.3) is 17.0 Å². The first-order valence-electron chi connectivity index (χ1n) is 9.85. The Morgan fingerprint density at radius 3 is 2.48 bits per heavy atom. The predicted molar refractivity (Wildman–Crippen MR) is 117 cm³/mol. The summed E-state index contributed by atoms with van der Waals surface area (Å²) in [7, 11) is 0. The molecule has 1 fully saturated rings. The number of carbonyl (C=O) groups excluding carboxylic acids is 2. The quantitative estimate of drug-likeness (QED) is 0.402. The molecule has 0 radical (unpaired) electrons. The summed E-state index contributed by atoms with van der Waals surface area (Å²) in [6.07, 6.45) is 3.50. The first kappa shape index (κ1) is 18.8. The van der Waals surface area contributed by atoms with Crippen LogP contribution in [0, 0.1) is 5.82 Å². The van der Waals surface area contributed by atoms with Gasteiger partial charge in [0.2, 0.25) is 0 Å². The number of aromatic nitrogens is 1. The normalized spacial score (nSPS) is 15.1. The summed E-state index contributed by atoms with van der Waals surface area (Å²) in [5, 5.41) is 2.16. The Bertz CT molecular complexity index is 1340. The van der Waals surface area contributed by atoms with Gasteiger partial charge in [0.1, 0.15) is 11.4 Å². The third-order valence-electron chi connectivity index (χ3n) is 5.27. The number of halogens is 1. The third-order valence-corrected chi connectivity index (χ3v) is 5.27. The second-order valence-corrected chi connectivity index (χ2v) is 7.33. The van der Waals surface area contributed by atoms with Gasteiger partial charge in [-0.3, -0.25) is 15.0 Å². The molecule has 0 saturated carbocycles. The van der Waals surface area contributed by atoms with Gasteiger partial charge < -0.3 is 4.57 Å². The van der Waals surface area contributed by atoms with Gasteiger partial charge >= 0.3 is 0 Å². The fourth-order valence-electron chi connectivity index (χ4n) is 3.82. The molecule has 1 aliphatic heterocycles. The molecule has 1 N–H and O–H groups in total. The highest BCUT2D eigenvalue weighted by atomic mass is 19.1. The van der Waals surface area contributed by atoms with Gasteiger partial charge in [0, 0.05) is 29.2 Å². The first-order chi connectivity index (χ1) is 15.1. The van der Waals surface area contributed by atoms with Crippen molar-refractivity contribution in [3.8, 4) is 0 Å². The number of para-hydroxylation sites is 2. The zero-order chi connectivity index (χ0) is 21.4. The van der Waals surface area contributed by atoms with Gasteiger partial charge in [0.05, 0.1) is 5.69 Å². The van der Waals surface area contributed by atoms with Crippen LogP contribution in [0.4, 0.5) is 10.1 Å². The lowest BCUT2D eigenvalue weighted by atomic mass is 10.1. The van der Waals surface area contributed by atoms with Crippen molar-refractivity contribution < 1.29 is 14.0 Å². The smallest absolute Gasteiger partial charge is 0.282 e. The second kappa shape index (κ2) is 7.57. The molecular weight excluding hydrogens is 393 g/mol. The third kappa shape index (κ3) is 3.48. The molecule has 0 unspecified atom stereocenters. The number of nitrogens with one attached hydrogen (secondary N) is 1. The Balaban J connectivity index is 1.54. The van der Waals surface area contributed by atoms with Crippen molar-refractivity contribution in [2.75, 3.05) is 5.01 Å². The molecule has 152 valence electrons. The monoisotopic (exact) mass is 411 g/mol. The summed E-state index contributed by atoms with van der Waals surface area (Å²) in [5.74, 6) is -1.14. The zero-order valence-corrected chi connectivity index (χ0v) is 16.5. The van der Waals surface area contributed by atoms with E-state index in [1.54, 1.807) is 36.4 Å². The summed E-state index contributed by atoms with van der Waals surface area (Å²) in [5.41, 5.74) is 5.79. The van der Waals surface area contributed by atoms with Crippen LogP contribution in [0.3, 0.4) is 0 Å². The van der Waals surface area contributed by atoms with E-state index in [9.17, 15) is 14.0 Å². The molecule has 6 heteroatoms. The van der Waals surface area contributed by atoms with Crippen LogP contribution in [-0.4, -0.2) is 16.4 Å². The average molecular weight is 411 g/mol. The molecule has 0 atom stereocenters. The summed E-state index contributed by atoms with van der Waals surface area (Å²) in [6.45, 7) is 0.470. The molecule has 2 amide bonds. The van der Waals surface area contributed by atoms with Gasteiger partial charge in [-0.05, 0) is 42.0 Å². The molecule has 1 aliphatic rings. The Kier molecular flexibility index (Phi) is 4.59. The topological polar surface area (TPSA) is 54.3 Å². The summed E-state index contributed by atoms with van der Waals surface area (Å²) in [4.78, 5) is 25.5. The fraction of sp³-hybridized carbons (Fsp3) is 0.0400. The van der Waals surface area contributed by atoms with Crippen molar-refractivity contribution in [3.05, 3.63) is 108 Å². The summed E-state index contributed by atoms with van der Waals surface area (Å²) in [6, 6.07) is 23.1. The minimum atomic E-state index is -0.448. The van der Waals surface area contributed by atoms with E-state index < -0.39 is 11.8 Å². The number of anilines is 1. The Labute approximate surface area is 178 Å². The molecule has 3 aromatic carbocycles. The van der Waals surface area contributed by atoms with Gasteiger partial charge in [-0.25, -0.2) is 9.40 Å². The molecule has 1 aromatic heterocycles. The van der Waals surface area contributed by atoms with Gasteiger partial charge in [-0.1, -0.05) is 48.5 Å². The van der Waals surface area contributed by atoms with Gasteiger partial charge in [0.25, 0.3) is 11.8 Å². The maximum Gasteiger partial charge on any atom is 0.282 e. The zero-order valence-electron chi connectivity index (χ0n) is 16.5. The van der Waals surface area contributed by atoms with Crippen LogP contribution in [0.5, 0.6) is 0 Å². The molecule has 4 aromatic rings. The van der Waals surface area contributed by atoms with E-state index in [0.717, 1.165) is 22.0 Å². The SMILES string of the molecule is O=C1NN(c2ccccc2)C(=O)C1=Cc1cn(Cc2cccc(F)c2)c2ccccc12. The number of amides is 2. The van der Waals surface area contributed by atoms with Crippen molar-refractivity contribution in [3.63, 3.8) is 0 Å². The number of carbonyl (C=O) groups is 2. The van der Waals surface area contributed by atoms with Crippen molar-refractivity contribution in [2.45, 2.75) is 6.54 Å². The van der Waals surface area contributed by atoms with Crippen molar-refractivity contribution in [1.82, 2.24) is 9.99 Å². The van der Waals surface area contributed by atoms with Crippen molar-refractivity contribution in [2.24, 2.45) is 0 Å². The number of nitrogens with zero attached hydrogens (tertiary/aromatic N) is 2. The van der Waals surface area contributed by atoms with E-state index in [-0.39, 0.29) is 11.4 Å². The lowest BCUT2D eigenvalue weighted by Gasteiger charge is -2.13. The lowest BCUT2D eigenvalue weighted by Crippen LogP contribution is -2.35. The molecule has 2 heterocycles. The predicted octanol–water partition coefficient (Wildman–Crippen LogP) is 4.29. The van der Waals surface area contributed by atoms with Crippen LogP contribution in [0.2, 0.25) is 0 Å². The first-order valence-corrected chi connectivity index (χ1v) is 9.85. The summed E-state index contributed by atoms with van der Waals surface area (Å²) < 4.78 is 15.6. The van der Waals surface area contributed by atoms with Crippen LogP contribution in [-0.2, 0) is 16.1 Å². The molecule has 0 spiro atoms. The Morgan fingerprint density at radius 1 is 0.903 bits per heavy atom. The number of rotatable bonds is 4. The molecular formula is C25H18FN3O2. The maximum atomic E-state index is 13.6. The molecule has 0 aliphatic carbocycles. The largest absolute Gasteiger partial charge is 0.342 e. The van der Waals surface area contributed by atoms with Crippen LogP contribution >= 0.6 is 0 Å². The highest BCUT2D eigenvalue weighted by molar-refractivity contribution is 6.32. The average Bonchev–Trinajstić information content (AvgIpc) is 3.27. The highest BCUT2D eigenvalue weighted by Gasteiger charge is 2.34. The van der Waals surface area contributed by atoms with Crippen LogP contribution in [0.15, 0.2) is 90.6 Å². The van der Waals surface area contributed by atoms with E-state index in [2.05, 4.69) is 5.43 Å². The Hall–Kier alpha value is -4.19. The van der Waals surface area contributed by atoms with E-state index in [4.69, 9.17) is 0 Å². The number of benzene rings is 3. The van der Waals surface area contributed by atoms with E-state index in [1.165, 1.54) is 17.1 Å². The minimum Gasteiger partial charge on any atom is -0.342 e. The summed E-state index contributed by atoms with van der Waals surface area (Å²) >= 11 is 0. The number of hydrogen-bond acceptors (Lipinski definition) is 2. The Morgan fingerprint density at radius 2 is 1.68 bits per heavy atom. The number of hydrazine groups is 1. The van der Waals surface area contributed by atoms with Crippen molar-refractivity contribution in [1.29, 1.82) is 0 Å². The lowest BCUT2D eigenvalue weighted by molar-refractivity contribution is -0.117. The fourth-order valence-corrected chi connectivity index (χ4v) is 3.82. The van der Waals surface area contributed by atoms with Gasteiger partial charge in [-0.2, -0.15) is 0 Å². The molecule has 0 bridgehead atoms. The van der Waals surface area contributed by atoms with E-state index in [0.29, 0.717) is 12.2 Å². The van der Waals surface area contributed by atoms with Gasteiger partial charge in [-0.15, -0.1) is 0 Å². The second-order valence-electron chi connectivity index (χ2n) is 7.33. The molecule has 1 saturated heterocycles. The van der Waals surface area contributed by atoms with E-state index in [1.807, 2.05) is 47.2 Å². The maximum absolute atomic E-state index is 13.6. The highest BCUT2D eigenvalue weighted by Crippen LogP contribution is 2.27. The molecule has 5 nitrogen and oxygen atoms in total. The number of fused-ring (bicyclic) bond motifs is 1.